The molecule has 1 amide bonds. The highest BCUT2D eigenvalue weighted by molar-refractivity contribution is 6.12. The van der Waals surface area contributed by atoms with Crippen LogP contribution in [-0.4, -0.2) is 35.5 Å². The van der Waals surface area contributed by atoms with E-state index >= 15 is 0 Å². The summed E-state index contributed by atoms with van der Waals surface area (Å²) in [6, 6.07) is 10.6. The second-order valence-corrected chi connectivity index (χ2v) is 6.95. The number of benzene rings is 1. The predicted octanol–water partition coefficient (Wildman–Crippen LogP) is 3.21. The standard InChI is InChI=1S/C22H23FN4O/c1-15-19(5-4-6-20(15)23)18-9-11-26(12-10-18)22(28)16(2)27-14-17(13-24)7-8-21(27)25-3/h4-8,14,18H,2,9-12H2,1,3H3/b25-21-. The van der Waals surface area contributed by atoms with Crippen molar-refractivity contribution in [1.82, 2.24) is 9.47 Å². The molecule has 0 aliphatic carbocycles. The Hall–Kier alpha value is -3.20. The minimum absolute atomic E-state index is 0.181. The maximum atomic E-state index is 13.9. The lowest BCUT2D eigenvalue weighted by molar-refractivity contribution is -0.126. The molecule has 0 atom stereocenters. The Labute approximate surface area is 164 Å². The number of pyridine rings is 1. The van der Waals surface area contributed by atoms with Gasteiger partial charge in [0.1, 0.15) is 23.1 Å². The lowest BCUT2D eigenvalue weighted by atomic mass is 9.86. The lowest BCUT2D eigenvalue weighted by Gasteiger charge is -2.33. The molecule has 0 radical (unpaired) electrons. The van der Waals surface area contributed by atoms with Crippen molar-refractivity contribution in [2.75, 3.05) is 20.1 Å². The Morgan fingerprint density at radius 2 is 2.00 bits per heavy atom. The van der Waals surface area contributed by atoms with E-state index in [1.165, 1.54) is 6.07 Å². The highest BCUT2D eigenvalue weighted by Gasteiger charge is 2.27. The number of rotatable bonds is 3. The number of carbonyl (C=O) groups excluding carboxylic acids is 1. The highest BCUT2D eigenvalue weighted by Crippen LogP contribution is 2.31. The summed E-state index contributed by atoms with van der Waals surface area (Å²) < 4.78 is 15.4. The highest BCUT2D eigenvalue weighted by atomic mass is 19.1. The van der Waals surface area contributed by atoms with Crippen LogP contribution in [0, 0.1) is 24.1 Å². The Morgan fingerprint density at radius 1 is 1.29 bits per heavy atom. The number of amides is 1. The number of hydrogen-bond acceptors (Lipinski definition) is 3. The molecule has 5 nitrogen and oxygen atoms in total. The van der Waals surface area contributed by atoms with Gasteiger partial charge < -0.3 is 4.90 Å². The number of carbonyl (C=O) groups is 1. The predicted molar refractivity (Wildman–Crippen MR) is 106 cm³/mol. The van der Waals surface area contributed by atoms with Gasteiger partial charge in [-0.15, -0.1) is 0 Å². The third kappa shape index (κ3) is 3.74. The fourth-order valence-corrected chi connectivity index (χ4v) is 3.70. The maximum absolute atomic E-state index is 13.9. The van der Waals surface area contributed by atoms with Crippen LogP contribution in [0.15, 0.2) is 48.1 Å². The first-order valence-corrected chi connectivity index (χ1v) is 9.25. The lowest BCUT2D eigenvalue weighted by Crippen LogP contribution is -2.40. The van der Waals surface area contributed by atoms with E-state index in [-0.39, 0.29) is 23.3 Å². The van der Waals surface area contributed by atoms with Gasteiger partial charge in [0.05, 0.1) is 5.56 Å². The molecule has 144 valence electrons. The molecule has 28 heavy (non-hydrogen) atoms. The summed E-state index contributed by atoms with van der Waals surface area (Å²) in [4.78, 5) is 18.9. The van der Waals surface area contributed by atoms with E-state index in [1.807, 2.05) is 6.07 Å². The summed E-state index contributed by atoms with van der Waals surface area (Å²) in [5.41, 5.74) is 2.96. The smallest absolute Gasteiger partial charge is 0.270 e. The Bertz CT molecular complexity index is 1020. The number of nitrogens with zero attached hydrogens (tertiary/aromatic N) is 4. The largest absolute Gasteiger partial charge is 0.337 e. The van der Waals surface area contributed by atoms with Gasteiger partial charge in [-0.25, -0.2) is 4.39 Å². The van der Waals surface area contributed by atoms with Crippen LogP contribution in [0.25, 0.3) is 5.70 Å². The van der Waals surface area contributed by atoms with Crippen molar-refractivity contribution in [1.29, 1.82) is 5.26 Å². The molecule has 0 saturated carbocycles. The Balaban J connectivity index is 1.75. The van der Waals surface area contributed by atoms with Gasteiger partial charge in [-0.2, -0.15) is 5.26 Å². The van der Waals surface area contributed by atoms with E-state index in [4.69, 9.17) is 5.26 Å². The molecular weight excluding hydrogens is 355 g/mol. The minimum atomic E-state index is -0.186. The summed E-state index contributed by atoms with van der Waals surface area (Å²) in [5, 5.41) is 9.13. The molecule has 0 N–H and O–H groups in total. The fraction of sp³-hybridized carbons (Fsp3) is 0.318. The minimum Gasteiger partial charge on any atom is -0.337 e. The molecule has 1 saturated heterocycles. The quantitative estimate of drug-likeness (QED) is 0.770. The molecule has 0 spiro atoms. The van der Waals surface area contributed by atoms with E-state index in [9.17, 15) is 9.18 Å². The zero-order valence-corrected chi connectivity index (χ0v) is 16.2. The third-order valence-electron chi connectivity index (χ3n) is 5.35. The van der Waals surface area contributed by atoms with Gasteiger partial charge in [-0.05, 0) is 55.0 Å². The summed E-state index contributed by atoms with van der Waals surface area (Å²) in [7, 11) is 1.63. The second-order valence-electron chi connectivity index (χ2n) is 6.95. The normalized spacial score (nSPS) is 15.4. The van der Waals surface area contributed by atoms with Crippen LogP contribution in [0.1, 0.15) is 35.4 Å². The molecule has 1 aliphatic rings. The Morgan fingerprint density at radius 3 is 2.64 bits per heavy atom. The van der Waals surface area contributed by atoms with Crippen molar-refractivity contribution in [3.63, 3.8) is 0 Å². The molecule has 2 heterocycles. The molecule has 1 fully saturated rings. The number of halogens is 1. The molecular formula is C22H23FN4O. The molecule has 0 bridgehead atoms. The number of aromatic nitrogens is 1. The van der Waals surface area contributed by atoms with E-state index in [2.05, 4.69) is 17.6 Å². The zero-order valence-electron chi connectivity index (χ0n) is 16.2. The van der Waals surface area contributed by atoms with Gasteiger partial charge in [0.25, 0.3) is 5.91 Å². The van der Waals surface area contributed by atoms with E-state index in [0.717, 1.165) is 18.4 Å². The fourth-order valence-electron chi connectivity index (χ4n) is 3.70. The van der Waals surface area contributed by atoms with Gasteiger partial charge in [0.15, 0.2) is 0 Å². The van der Waals surface area contributed by atoms with Crippen LogP contribution in [0.4, 0.5) is 4.39 Å². The van der Waals surface area contributed by atoms with Crippen molar-refractivity contribution in [3.8, 4) is 6.07 Å². The molecule has 6 heteroatoms. The van der Waals surface area contributed by atoms with Crippen LogP contribution in [-0.2, 0) is 4.79 Å². The van der Waals surface area contributed by atoms with Crippen molar-refractivity contribution < 1.29 is 9.18 Å². The number of hydrogen-bond donors (Lipinski definition) is 0. The van der Waals surface area contributed by atoms with Crippen LogP contribution >= 0.6 is 0 Å². The molecule has 1 aliphatic heterocycles. The van der Waals surface area contributed by atoms with Gasteiger partial charge in [-0.3, -0.25) is 14.4 Å². The Kier molecular flexibility index (Phi) is 5.74. The molecule has 0 unspecified atom stereocenters. The number of nitriles is 1. The average Bonchev–Trinajstić information content (AvgIpc) is 2.74. The SMILES string of the molecule is C=C(C(=O)N1CCC(c2cccc(F)c2C)CC1)n1cc(C#N)cc/c1=N/C. The van der Waals surface area contributed by atoms with Crippen LogP contribution in [0.2, 0.25) is 0 Å². The third-order valence-corrected chi connectivity index (χ3v) is 5.35. The molecule has 1 aromatic heterocycles. The van der Waals surface area contributed by atoms with Gasteiger partial charge in [-0.1, -0.05) is 18.7 Å². The average molecular weight is 378 g/mol. The van der Waals surface area contributed by atoms with E-state index < -0.39 is 0 Å². The van der Waals surface area contributed by atoms with Gasteiger partial charge in [0, 0.05) is 26.3 Å². The van der Waals surface area contributed by atoms with Crippen molar-refractivity contribution in [2.24, 2.45) is 4.99 Å². The van der Waals surface area contributed by atoms with E-state index in [1.54, 1.807) is 47.8 Å². The number of likely N-dealkylation sites (tertiary alicyclic amines) is 1. The topological polar surface area (TPSA) is 61.4 Å². The zero-order chi connectivity index (χ0) is 20.3. The van der Waals surface area contributed by atoms with Crippen LogP contribution in [0.5, 0.6) is 0 Å². The first kappa shape index (κ1) is 19.6. The molecule has 3 rings (SSSR count). The summed E-state index contributed by atoms with van der Waals surface area (Å²) >= 11 is 0. The number of piperidine rings is 1. The monoisotopic (exact) mass is 378 g/mol. The van der Waals surface area contributed by atoms with Crippen LogP contribution < -0.4 is 5.49 Å². The van der Waals surface area contributed by atoms with Gasteiger partial charge in [0.2, 0.25) is 0 Å². The first-order valence-electron chi connectivity index (χ1n) is 9.25. The molecule has 1 aromatic carbocycles. The van der Waals surface area contributed by atoms with Crippen LogP contribution in [0.3, 0.4) is 0 Å². The van der Waals surface area contributed by atoms with Crippen molar-refractivity contribution in [3.05, 3.63) is 71.1 Å². The summed E-state index contributed by atoms with van der Waals surface area (Å²) in [6.07, 6.45) is 3.12. The van der Waals surface area contributed by atoms with E-state index in [0.29, 0.717) is 29.7 Å². The molecule has 2 aromatic rings. The van der Waals surface area contributed by atoms with Gasteiger partial charge >= 0.3 is 0 Å². The summed E-state index contributed by atoms with van der Waals surface area (Å²) in [5.74, 6) is -0.128. The van der Waals surface area contributed by atoms with Crippen molar-refractivity contribution in [2.45, 2.75) is 25.7 Å². The summed E-state index contributed by atoms with van der Waals surface area (Å²) in [6.45, 7) is 6.90. The second kappa shape index (κ2) is 8.22. The first-order chi connectivity index (χ1) is 13.5. The van der Waals surface area contributed by atoms with Crippen molar-refractivity contribution >= 4 is 11.6 Å². The maximum Gasteiger partial charge on any atom is 0.270 e.